The van der Waals surface area contributed by atoms with Crippen LogP contribution in [-0.4, -0.2) is 9.78 Å². The summed E-state index contributed by atoms with van der Waals surface area (Å²) >= 11 is 12.1. The number of nitrogen functional groups attached to an aromatic ring is 1. The van der Waals surface area contributed by atoms with Gasteiger partial charge in [-0.05, 0) is 19.1 Å². The van der Waals surface area contributed by atoms with Crippen LogP contribution in [0.1, 0.15) is 11.3 Å². The molecule has 0 fully saturated rings. The van der Waals surface area contributed by atoms with E-state index in [9.17, 15) is 0 Å². The van der Waals surface area contributed by atoms with Gasteiger partial charge in [0.1, 0.15) is 11.8 Å². The van der Waals surface area contributed by atoms with Gasteiger partial charge < -0.3 is 10.5 Å². The van der Waals surface area contributed by atoms with Gasteiger partial charge in [-0.3, -0.25) is 4.68 Å². The number of benzene rings is 1. The Hall–Kier alpha value is -1.39. The number of nitrogens with two attached hydrogens (primary N) is 1. The van der Waals surface area contributed by atoms with Crippen LogP contribution in [0.5, 0.6) is 5.75 Å². The lowest BCUT2D eigenvalue weighted by molar-refractivity contribution is 0.307. The highest BCUT2D eigenvalue weighted by Gasteiger charge is 2.13. The van der Waals surface area contributed by atoms with Crippen molar-refractivity contribution in [1.82, 2.24) is 9.78 Å². The van der Waals surface area contributed by atoms with Gasteiger partial charge in [0.25, 0.3) is 0 Å². The Morgan fingerprint density at radius 3 is 2.67 bits per heavy atom. The lowest BCUT2D eigenvalue weighted by Gasteiger charge is -2.10. The number of para-hydroxylation sites is 1. The molecule has 4 nitrogen and oxygen atoms in total. The predicted octanol–water partition coefficient (Wildman–Crippen LogP) is 3.20. The van der Waals surface area contributed by atoms with Crippen molar-refractivity contribution in [3.05, 3.63) is 39.6 Å². The van der Waals surface area contributed by atoms with Gasteiger partial charge in [0.05, 0.1) is 16.4 Å². The normalized spacial score (nSPS) is 10.7. The second-order valence-corrected chi connectivity index (χ2v) is 4.69. The SMILES string of the molecule is Cc1nn(C)c(Cl)c1COc1c(N)cccc1Cl. The minimum absolute atomic E-state index is 0.284. The Balaban J connectivity index is 2.22. The van der Waals surface area contributed by atoms with Gasteiger partial charge in [0, 0.05) is 12.6 Å². The maximum atomic E-state index is 6.12. The van der Waals surface area contributed by atoms with Crippen molar-refractivity contribution < 1.29 is 4.74 Å². The minimum atomic E-state index is 0.284. The minimum Gasteiger partial charge on any atom is -0.485 e. The van der Waals surface area contributed by atoms with Gasteiger partial charge in [-0.2, -0.15) is 5.10 Å². The van der Waals surface area contributed by atoms with E-state index in [1.807, 2.05) is 6.92 Å². The number of aryl methyl sites for hydroxylation is 2. The highest BCUT2D eigenvalue weighted by atomic mass is 35.5. The van der Waals surface area contributed by atoms with Crippen molar-refractivity contribution >= 4 is 28.9 Å². The first-order chi connectivity index (χ1) is 8.50. The molecule has 0 aliphatic heterocycles. The largest absolute Gasteiger partial charge is 0.485 e. The van der Waals surface area contributed by atoms with Crippen LogP contribution in [0.15, 0.2) is 18.2 Å². The molecule has 1 aromatic carbocycles. The molecule has 2 rings (SSSR count). The molecule has 0 radical (unpaired) electrons. The molecular formula is C12H13Cl2N3O. The van der Waals surface area contributed by atoms with Crippen LogP contribution in [0.4, 0.5) is 5.69 Å². The lowest BCUT2D eigenvalue weighted by Crippen LogP contribution is -2.00. The fraction of sp³-hybridized carbons (Fsp3) is 0.250. The van der Waals surface area contributed by atoms with E-state index in [4.69, 9.17) is 33.7 Å². The first-order valence-electron chi connectivity index (χ1n) is 5.35. The molecule has 6 heteroatoms. The third-order valence-electron chi connectivity index (χ3n) is 2.63. The molecule has 0 bridgehead atoms. The molecule has 0 aliphatic rings. The van der Waals surface area contributed by atoms with E-state index in [0.29, 0.717) is 21.6 Å². The van der Waals surface area contributed by atoms with Crippen molar-refractivity contribution in [2.24, 2.45) is 7.05 Å². The van der Waals surface area contributed by atoms with Crippen LogP contribution >= 0.6 is 23.2 Å². The van der Waals surface area contributed by atoms with E-state index in [-0.39, 0.29) is 6.61 Å². The van der Waals surface area contributed by atoms with Gasteiger partial charge in [-0.15, -0.1) is 0 Å². The Labute approximate surface area is 115 Å². The van der Waals surface area contributed by atoms with Gasteiger partial charge in [0.2, 0.25) is 0 Å². The van der Waals surface area contributed by atoms with Gasteiger partial charge in [-0.1, -0.05) is 29.3 Å². The topological polar surface area (TPSA) is 53.1 Å². The fourth-order valence-electron chi connectivity index (χ4n) is 1.66. The zero-order valence-electron chi connectivity index (χ0n) is 10.1. The first-order valence-corrected chi connectivity index (χ1v) is 6.11. The number of hydrogen-bond donors (Lipinski definition) is 1. The third kappa shape index (κ3) is 2.40. The van der Waals surface area contributed by atoms with E-state index >= 15 is 0 Å². The Morgan fingerprint density at radius 1 is 1.39 bits per heavy atom. The van der Waals surface area contributed by atoms with E-state index in [1.165, 1.54) is 0 Å². The summed E-state index contributed by atoms with van der Waals surface area (Å²) in [6.45, 7) is 2.16. The zero-order chi connectivity index (χ0) is 13.3. The lowest BCUT2D eigenvalue weighted by atomic mass is 10.2. The van der Waals surface area contributed by atoms with Crippen molar-refractivity contribution in [3.8, 4) is 5.75 Å². The van der Waals surface area contributed by atoms with E-state index in [1.54, 1.807) is 29.9 Å². The summed E-state index contributed by atoms with van der Waals surface area (Å²) in [7, 11) is 1.78. The summed E-state index contributed by atoms with van der Waals surface area (Å²) in [6, 6.07) is 5.23. The number of hydrogen-bond acceptors (Lipinski definition) is 3. The van der Waals surface area contributed by atoms with Gasteiger partial charge >= 0.3 is 0 Å². The van der Waals surface area contributed by atoms with E-state index in [2.05, 4.69) is 5.10 Å². The molecule has 0 spiro atoms. The van der Waals surface area contributed by atoms with Crippen LogP contribution in [0.3, 0.4) is 0 Å². The van der Waals surface area contributed by atoms with Crippen LogP contribution < -0.4 is 10.5 Å². The molecule has 18 heavy (non-hydrogen) atoms. The van der Waals surface area contributed by atoms with Crippen LogP contribution in [0.2, 0.25) is 10.2 Å². The van der Waals surface area contributed by atoms with Crippen molar-refractivity contribution in [1.29, 1.82) is 0 Å². The molecule has 0 atom stereocenters. The number of rotatable bonds is 3. The molecule has 0 saturated carbocycles. The summed E-state index contributed by atoms with van der Waals surface area (Å²) in [5.41, 5.74) is 7.96. The maximum Gasteiger partial charge on any atom is 0.161 e. The summed E-state index contributed by atoms with van der Waals surface area (Å²) in [4.78, 5) is 0. The average molecular weight is 286 g/mol. The van der Waals surface area contributed by atoms with Crippen molar-refractivity contribution in [2.45, 2.75) is 13.5 Å². The standard InChI is InChI=1S/C12H13Cl2N3O/c1-7-8(12(14)17(2)16-7)6-18-11-9(13)4-3-5-10(11)15/h3-5H,6,15H2,1-2H3. The fourth-order valence-corrected chi connectivity index (χ4v) is 2.13. The Kier molecular flexibility index (Phi) is 3.68. The van der Waals surface area contributed by atoms with Crippen LogP contribution in [-0.2, 0) is 13.7 Å². The average Bonchev–Trinajstić information content (AvgIpc) is 2.54. The number of ether oxygens (including phenoxy) is 1. The molecule has 0 unspecified atom stereocenters. The highest BCUT2D eigenvalue weighted by molar-refractivity contribution is 6.32. The first kappa shape index (κ1) is 13.1. The zero-order valence-corrected chi connectivity index (χ0v) is 11.6. The maximum absolute atomic E-state index is 6.12. The second kappa shape index (κ2) is 5.08. The summed E-state index contributed by atoms with van der Waals surface area (Å²) in [5, 5.41) is 5.24. The number of halogens is 2. The van der Waals surface area contributed by atoms with Gasteiger partial charge in [-0.25, -0.2) is 0 Å². The number of anilines is 1. The molecule has 0 amide bonds. The molecule has 1 heterocycles. The molecular weight excluding hydrogens is 273 g/mol. The molecule has 1 aromatic heterocycles. The molecule has 96 valence electrons. The smallest absolute Gasteiger partial charge is 0.161 e. The highest BCUT2D eigenvalue weighted by Crippen LogP contribution is 2.32. The predicted molar refractivity (Wildman–Crippen MR) is 73.2 cm³/mol. The summed E-state index contributed by atoms with van der Waals surface area (Å²) in [6.07, 6.45) is 0. The second-order valence-electron chi connectivity index (χ2n) is 3.93. The molecule has 2 N–H and O–H groups in total. The van der Waals surface area contributed by atoms with E-state index in [0.717, 1.165) is 11.3 Å². The Bertz CT molecular complexity index is 561. The molecule has 0 aliphatic carbocycles. The summed E-state index contributed by atoms with van der Waals surface area (Å²) < 4.78 is 7.24. The van der Waals surface area contributed by atoms with Crippen molar-refractivity contribution in [2.75, 3.05) is 5.73 Å². The van der Waals surface area contributed by atoms with Crippen LogP contribution in [0.25, 0.3) is 0 Å². The quantitative estimate of drug-likeness (QED) is 0.881. The molecule has 2 aromatic rings. The Morgan fingerprint density at radius 2 is 2.11 bits per heavy atom. The monoisotopic (exact) mass is 285 g/mol. The number of nitrogens with zero attached hydrogens (tertiary/aromatic N) is 2. The third-order valence-corrected chi connectivity index (χ3v) is 3.40. The van der Waals surface area contributed by atoms with E-state index < -0.39 is 0 Å². The van der Waals surface area contributed by atoms with Crippen molar-refractivity contribution in [3.63, 3.8) is 0 Å². The number of aromatic nitrogens is 2. The van der Waals surface area contributed by atoms with Crippen LogP contribution in [0, 0.1) is 6.92 Å². The summed E-state index contributed by atoms with van der Waals surface area (Å²) in [5.74, 6) is 0.471. The molecule has 0 saturated heterocycles. The van der Waals surface area contributed by atoms with Gasteiger partial charge in [0.15, 0.2) is 5.75 Å².